The maximum atomic E-state index is 3.62. The first-order valence-corrected chi connectivity index (χ1v) is 7.54. The Labute approximate surface area is 114 Å². The molecule has 0 radical (unpaired) electrons. The number of nitrogens with one attached hydrogen (secondary N) is 1. The second kappa shape index (κ2) is 5.06. The lowest BCUT2D eigenvalue weighted by Gasteiger charge is -2.26. The molecule has 17 heavy (non-hydrogen) atoms. The van der Waals surface area contributed by atoms with E-state index in [1.54, 1.807) is 0 Å². The molecule has 0 aliphatic carbocycles. The number of nitrogens with zero attached hydrogens (tertiary/aromatic N) is 1. The highest BCUT2D eigenvalue weighted by molar-refractivity contribution is 9.10. The summed E-state index contributed by atoms with van der Waals surface area (Å²) in [6, 6.07) is 8.74. The molecule has 0 atom stereocenters. The normalized spacial score (nSPS) is 17.7. The molecule has 1 saturated heterocycles. The first-order valence-electron chi connectivity index (χ1n) is 5.93. The summed E-state index contributed by atoms with van der Waals surface area (Å²) in [5.41, 5.74) is 0. The minimum absolute atomic E-state index is 1.09. The van der Waals surface area contributed by atoms with Crippen LogP contribution in [0.5, 0.6) is 0 Å². The third-order valence-corrected chi connectivity index (χ3v) is 5.23. The van der Waals surface area contributed by atoms with Crippen molar-refractivity contribution >= 4 is 37.4 Å². The zero-order valence-corrected chi connectivity index (χ0v) is 12.0. The fraction of sp³-hybridized carbons (Fsp3) is 0.385. The van der Waals surface area contributed by atoms with Gasteiger partial charge in [-0.25, -0.2) is 0 Å². The van der Waals surface area contributed by atoms with Gasteiger partial charge in [0.2, 0.25) is 0 Å². The Bertz CT molecular complexity index is 517. The van der Waals surface area contributed by atoms with E-state index >= 15 is 0 Å². The Kier molecular flexibility index (Phi) is 3.47. The van der Waals surface area contributed by atoms with E-state index in [0.29, 0.717) is 0 Å². The summed E-state index contributed by atoms with van der Waals surface area (Å²) in [5, 5.41) is 4.75. The van der Waals surface area contributed by atoms with Crippen LogP contribution in [0.15, 0.2) is 28.7 Å². The summed E-state index contributed by atoms with van der Waals surface area (Å²) in [4.78, 5) is 3.99. The number of piperazine rings is 1. The van der Waals surface area contributed by atoms with E-state index in [2.05, 4.69) is 50.4 Å². The first kappa shape index (κ1) is 11.7. The lowest BCUT2D eigenvalue weighted by molar-refractivity contribution is 0.235. The fourth-order valence-electron chi connectivity index (χ4n) is 2.25. The van der Waals surface area contributed by atoms with E-state index in [0.717, 1.165) is 32.7 Å². The maximum absolute atomic E-state index is 3.62. The van der Waals surface area contributed by atoms with Crippen LogP contribution in [-0.4, -0.2) is 31.1 Å². The van der Waals surface area contributed by atoms with Crippen molar-refractivity contribution in [1.82, 2.24) is 10.2 Å². The van der Waals surface area contributed by atoms with Crippen LogP contribution in [0.4, 0.5) is 0 Å². The molecule has 3 rings (SSSR count). The molecule has 2 aromatic rings. The largest absolute Gasteiger partial charge is 0.314 e. The van der Waals surface area contributed by atoms with Crippen LogP contribution in [0.3, 0.4) is 0 Å². The van der Waals surface area contributed by atoms with Gasteiger partial charge in [-0.15, -0.1) is 11.3 Å². The Morgan fingerprint density at radius 2 is 2.12 bits per heavy atom. The van der Waals surface area contributed by atoms with Crippen LogP contribution < -0.4 is 5.32 Å². The van der Waals surface area contributed by atoms with Gasteiger partial charge in [-0.1, -0.05) is 12.1 Å². The predicted octanol–water partition coefficient (Wildman–Crippen LogP) is 3.07. The van der Waals surface area contributed by atoms with Crippen LogP contribution in [0.25, 0.3) is 10.1 Å². The minimum atomic E-state index is 1.09. The van der Waals surface area contributed by atoms with Crippen LogP contribution >= 0.6 is 27.3 Å². The quantitative estimate of drug-likeness (QED) is 0.917. The molecule has 1 aromatic heterocycles. The molecule has 0 amide bonds. The van der Waals surface area contributed by atoms with Crippen molar-refractivity contribution < 1.29 is 0 Å². The fourth-order valence-corrected chi connectivity index (χ4v) is 3.98. The van der Waals surface area contributed by atoms with Gasteiger partial charge >= 0.3 is 0 Å². The van der Waals surface area contributed by atoms with Gasteiger partial charge in [0.05, 0.1) is 0 Å². The van der Waals surface area contributed by atoms with E-state index in [9.17, 15) is 0 Å². The first-order chi connectivity index (χ1) is 8.33. The van der Waals surface area contributed by atoms with Crippen LogP contribution in [0.1, 0.15) is 4.88 Å². The minimum Gasteiger partial charge on any atom is -0.314 e. The number of hydrogen-bond donors (Lipinski definition) is 1. The van der Waals surface area contributed by atoms with Gasteiger partial charge in [-0.05, 0) is 33.4 Å². The molecule has 0 spiro atoms. The van der Waals surface area contributed by atoms with Crippen molar-refractivity contribution in [3.05, 3.63) is 33.6 Å². The topological polar surface area (TPSA) is 15.3 Å². The molecule has 4 heteroatoms. The highest BCUT2D eigenvalue weighted by Crippen LogP contribution is 2.32. The van der Waals surface area contributed by atoms with E-state index < -0.39 is 0 Å². The summed E-state index contributed by atoms with van der Waals surface area (Å²) in [6.45, 7) is 5.65. The van der Waals surface area contributed by atoms with Gasteiger partial charge in [0.25, 0.3) is 0 Å². The molecule has 1 N–H and O–H groups in total. The van der Waals surface area contributed by atoms with Gasteiger partial charge in [0.15, 0.2) is 0 Å². The highest BCUT2D eigenvalue weighted by atomic mass is 79.9. The van der Waals surface area contributed by atoms with Crippen LogP contribution in [0.2, 0.25) is 0 Å². The number of hydrogen-bond acceptors (Lipinski definition) is 3. The monoisotopic (exact) mass is 310 g/mol. The molecule has 0 unspecified atom stereocenters. The molecule has 1 aromatic carbocycles. The Morgan fingerprint density at radius 3 is 2.88 bits per heavy atom. The lowest BCUT2D eigenvalue weighted by Crippen LogP contribution is -2.42. The van der Waals surface area contributed by atoms with Gasteiger partial charge < -0.3 is 5.32 Å². The molecule has 1 aliphatic rings. The molecule has 2 nitrogen and oxygen atoms in total. The third-order valence-electron chi connectivity index (χ3n) is 3.14. The van der Waals surface area contributed by atoms with Crippen molar-refractivity contribution in [1.29, 1.82) is 0 Å². The third kappa shape index (κ3) is 2.55. The van der Waals surface area contributed by atoms with E-state index in [-0.39, 0.29) is 0 Å². The smallest absolute Gasteiger partial charge is 0.0488 e. The zero-order chi connectivity index (χ0) is 11.7. The molecule has 90 valence electrons. The zero-order valence-electron chi connectivity index (χ0n) is 9.58. The number of thiophene rings is 1. The van der Waals surface area contributed by atoms with E-state index in [4.69, 9.17) is 0 Å². The number of benzene rings is 1. The van der Waals surface area contributed by atoms with E-state index in [1.807, 2.05) is 11.3 Å². The average molecular weight is 311 g/mol. The van der Waals surface area contributed by atoms with Crippen molar-refractivity contribution in [2.24, 2.45) is 0 Å². The van der Waals surface area contributed by atoms with Crippen LogP contribution in [0, 0.1) is 0 Å². The Balaban J connectivity index is 1.83. The standard InChI is InChI=1S/C13H15BrN2S/c14-12-3-1-2-10-8-11(17-13(10)12)9-16-6-4-15-5-7-16/h1-3,8,15H,4-7,9H2. The Morgan fingerprint density at radius 1 is 1.29 bits per heavy atom. The molecule has 1 aliphatic heterocycles. The van der Waals surface area contributed by atoms with Gasteiger partial charge in [0.1, 0.15) is 0 Å². The highest BCUT2D eigenvalue weighted by Gasteiger charge is 2.12. The summed E-state index contributed by atoms with van der Waals surface area (Å²) in [6.07, 6.45) is 0. The second-order valence-corrected chi connectivity index (χ2v) is 6.39. The van der Waals surface area contributed by atoms with Gasteiger partial charge in [-0.2, -0.15) is 0 Å². The number of fused-ring (bicyclic) bond motifs is 1. The summed E-state index contributed by atoms with van der Waals surface area (Å²) < 4.78 is 2.59. The molecular weight excluding hydrogens is 296 g/mol. The molecule has 1 fully saturated rings. The van der Waals surface area contributed by atoms with E-state index in [1.165, 1.54) is 19.4 Å². The number of halogens is 1. The van der Waals surface area contributed by atoms with Crippen LogP contribution in [-0.2, 0) is 6.54 Å². The van der Waals surface area contributed by atoms with Crippen molar-refractivity contribution in [2.75, 3.05) is 26.2 Å². The van der Waals surface area contributed by atoms with Crippen molar-refractivity contribution in [3.63, 3.8) is 0 Å². The molecule has 0 bridgehead atoms. The van der Waals surface area contributed by atoms with Crippen molar-refractivity contribution in [2.45, 2.75) is 6.54 Å². The van der Waals surface area contributed by atoms with Gasteiger partial charge in [-0.3, -0.25) is 4.90 Å². The Hall–Kier alpha value is -0.420. The summed E-state index contributed by atoms with van der Waals surface area (Å²) in [7, 11) is 0. The number of rotatable bonds is 2. The molecule has 2 heterocycles. The van der Waals surface area contributed by atoms with Gasteiger partial charge in [0, 0.05) is 46.8 Å². The lowest BCUT2D eigenvalue weighted by atomic mass is 10.2. The average Bonchev–Trinajstić information content (AvgIpc) is 2.74. The summed E-state index contributed by atoms with van der Waals surface area (Å²) in [5.74, 6) is 0. The molecular formula is C13H15BrN2S. The maximum Gasteiger partial charge on any atom is 0.0488 e. The summed E-state index contributed by atoms with van der Waals surface area (Å²) >= 11 is 5.53. The second-order valence-electron chi connectivity index (χ2n) is 4.40. The molecule has 0 saturated carbocycles. The SMILES string of the molecule is Brc1cccc2cc(CN3CCNCC3)sc12. The van der Waals surface area contributed by atoms with Crippen molar-refractivity contribution in [3.8, 4) is 0 Å². The predicted molar refractivity (Wildman–Crippen MR) is 77.7 cm³/mol.